The van der Waals surface area contributed by atoms with Crippen LogP contribution in [0.3, 0.4) is 0 Å². The Morgan fingerprint density at radius 1 is 1.30 bits per heavy atom. The van der Waals surface area contributed by atoms with Crippen LogP contribution in [-0.2, 0) is 12.0 Å². The average molecular weight is 272 g/mol. The van der Waals surface area contributed by atoms with Crippen LogP contribution in [0.2, 0.25) is 0 Å². The van der Waals surface area contributed by atoms with E-state index in [1.165, 1.54) is 0 Å². The number of methoxy groups -OCH3 is 1. The molecule has 0 saturated carbocycles. The van der Waals surface area contributed by atoms with Gasteiger partial charge in [-0.15, -0.1) is 0 Å². The van der Waals surface area contributed by atoms with Gasteiger partial charge in [0.2, 0.25) is 0 Å². The molecular formula is C16H20N2O2. The molecule has 3 N–H and O–H groups in total. The lowest BCUT2D eigenvalue weighted by atomic mass is 9.88. The van der Waals surface area contributed by atoms with E-state index >= 15 is 0 Å². The molecule has 0 saturated heterocycles. The van der Waals surface area contributed by atoms with Gasteiger partial charge in [0.15, 0.2) is 0 Å². The Labute approximate surface area is 119 Å². The van der Waals surface area contributed by atoms with Gasteiger partial charge in [0.1, 0.15) is 11.6 Å². The van der Waals surface area contributed by atoms with Crippen molar-refractivity contribution < 1.29 is 9.84 Å². The van der Waals surface area contributed by atoms with Crippen molar-refractivity contribution in [3.8, 4) is 5.75 Å². The van der Waals surface area contributed by atoms with E-state index in [1.807, 2.05) is 37.3 Å². The summed E-state index contributed by atoms with van der Waals surface area (Å²) in [5.41, 5.74) is 7.47. The van der Waals surface area contributed by atoms with Crippen molar-refractivity contribution in [2.45, 2.75) is 25.9 Å². The number of aromatic nitrogens is 1. The summed E-state index contributed by atoms with van der Waals surface area (Å²) in [5, 5.41) is 10.7. The highest BCUT2D eigenvalue weighted by Crippen LogP contribution is 2.29. The molecule has 1 heterocycles. The molecule has 20 heavy (non-hydrogen) atoms. The molecule has 2 rings (SSSR count). The van der Waals surface area contributed by atoms with Crippen LogP contribution in [0.5, 0.6) is 5.75 Å². The molecule has 0 radical (unpaired) electrons. The molecule has 1 aromatic heterocycles. The molecule has 4 nitrogen and oxygen atoms in total. The number of aliphatic hydroxyl groups is 1. The Morgan fingerprint density at radius 3 is 2.55 bits per heavy atom. The van der Waals surface area contributed by atoms with E-state index in [2.05, 4.69) is 4.98 Å². The number of ether oxygens (including phenoxy) is 1. The maximum Gasteiger partial charge on any atom is 0.129 e. The van der Waals surface area contributed by atoms with Crippen molar-refractivity contribution >= 4 is 5.82 Å². The largest absolute Gasteiger partial charge is 0.497 e. The van der Waals surface area contributed by atoms with Crippen LogP contribution in [0.4, 0.5) is 5.82 Å². The number of benzene rings is 1. The topological polar surface area (TPSA) is 68.4 Å². The first-order chi connectivity index (χ1) is 9.42. The minimum atomic E-state index is -1.06. The van der Waals surface area contributed by atoms with Crippen LogP contribution in [-0.4, -0.2) is 17.2 Å². The average Bonchev–Trinajstić information content (AvgIpc) is 2.42. The standard InChI is InChI=1S/C16H20N2O2/c1-11-8-14(15(17)18-10-11)16(2,19)9-12-4-6-13(20-3)7-5-12/h4-8,10,19H,9H2,1-3H3,(H2,17,18). The third kappa shape index (κ3) is 3.08. The molecule has 2 aromatic rings. The fraction of sp³-hybridized carbons (Fsp3) is 0.312. The van der Waals surface area contributed by atoms with Gasteiger partial charge in [0.05, 0.1) is 12.7 Å². The van der Waals surface area contributed by atoms with Gasteiger partial charge < -0.3 is 15.6 Å². The first-order valence-corrected chi connectivity index (χ1v) is 6.50. The van der Waals surface area contributed by atoms with Crippen molar-refractivity contribution in [1.29, 1.82) is 0 Å². The number of hydrogen-bond acceptors (Lipinski definition) is 4. The Bertz CT molecular complexity index is 592. The summed E-state index contributed by atoms with van der Waals surface area (Å²) in [6.07, 6.45) is 2.16. The van der Waals surface area contributed by atoms with Gasteiger partial charge in [0, 0.05) is 18.2 Å². The van der Waals surface area contributed by atoms with Gasteiger partial charge >= 0.3 is 0 Å². The number of nitrogens with zero attached hydrogens (tertiary/aromatic N) is 1. The summed E-state index contributed by atoms with van der Waals surface area (Å²) in [5.74, 6) is 1.17. The monoisotopic (exact) mass is 272 g/mol. The Balaban J connectivity index is 2.27. The number of nitrogens with two attached hydrogens (primary N) is 1. The summed E-state index contributed by atoms with van der Waals surface area (Å²) in [7, 11) is 1.63. The number of aryl methyl sites for hydroxylation is 1. The quantitative estimate of drug-likeness (QED) is 0.897. The second-order valence-corrected chi connectivity index (χ2v) is 5.24. The summed E-state index contributed by atoms with van der Waals surface area (Å²) >= 11 is 0. The van der Waals surface area contributed by atoms with Gasteiger partial charge in [-0.25, -0.2) is 4.98 Å². The predicted molar refractivity (Wildman–Crippen MR) is 79.7 cm³/mol. The molecule has 1 atom stereocenters. The van der Waals surface area contributed by atoms with Gasteiger partial charge in [-0.1, -0.05) is 12.1 Å². The molecule has 1 aromatic carbocycles. The lowest BCUT2D eigenvalue weighted by Gasteiger charge is -2.25. The van der Waals surface area contributed by atoms with Crippen molar-refractivity contribution in [2.75, 3.05) is 12.8 Å². The van der Waals surface area contributed by atoms with Crippen LogP contribution in [0.25, 0.3) is 0 Å². The Morgan fingerprint density at radius 2 is 1.95 bits per heavy atom. The lowest BCUT2D eigenvalue weighted by molar-refractivity contribution is 0.0580. The van der Waals surface area contributed by atoms with Crippen LogP contribution in [0.1, 0.15) is 23.6 Å². The van der Waals surface area contributed by atoms with Crippen molar-refractivity contribution in [2.24, 2.45) is 0 Å². The van der Waals surface area contributed by atoms with Crippen molar-refractivity contribution in [3.05, 3.63) is 53.2 Å². The highest BCUT2D eigenvalue weighted by atomic mass is 16.5. The van der Waals surface area contributed by atoms with E-state index in [0.717, 1.165) is 16.9 Å². The maximum absolute atomic E-state index is 10.7. The molecule has 0 bridgehead atoms. The summed E-state index contributed by atoms with van der Waals surface area (Å²) in [6, 6.07) is 9.51. The number of anilines is 1. The number of nitrogen functional groups attached to an aromatic ring is 1. The third-order valence-corrected chi connectivity index (χ3v) is 3.34. The number of pyridine rings is 1. The van der Waals surface area contributed by atoms with E-state index in [0.29, 0.717) is 17.8 Å². The summed E-state index contributed by atoms with van der Waals surface area (Å²) in [6.45, 7) is 3.68. The van der Waals surface area contributed by atoms with E-state index < -0.39 is 5.60 Å². The smallest absolute Gasteiger partial charge is 0.129 e. The first-order valence-electron chi connectivity index (χ1n) is 6.50. The zero-order valence-electron chi connectivity index (χ0n) is 12.1. The van der Waals surface area contributed by atoms with Crippen LogP contribution < -0.4 is 10.5 Å². The minimum absolute atomic E-state index is 0.370. The number of rotatable bonds is 4. The second kappa shape index (κ2) is 5.51. The van der Waals surface area contributed by atoms with E-state index in [9.17, 15) is 5.11 Å². The van der Waals surface area contributed by atoms with Gasteiger partial charge in [-0.3, -0.25) is 0 Å². The zero-order chi connectivity index (χ0) is 14.8. The Hall–Kier alpha value is -2.07. The fourth-order valence-electron chi connectivity index (χ4n) is 2.25. The molecule has 0 aliphatic rings. The molecule has 0 aliphatic heterocycles. The highest BCUT2D eigenvalue weighted by Gasteiger charge is 2.26. The normalized spacial score (nSPS) is 13.8. The molecule has 106 valence electrons. The van der Waals surface area contributed by atoms with Gasteiger partial charge in [0.25, 0.3) is 0 Å². The molecule has 0 spiro atoms. The molecule has 0 fully saturated rings. The van der Waals surface area contributed by atoms with E-state index in [-0.39, 0.29) is 0 Å². The molecule has 4 heteroatoms. The third-order valence-electron chi connectivity index (χ3n) is 3.34. The van der Waals surface area contributed by atoms with E-state index in [4.69, 9.17) is 10.5 Å². The van der Waals surface area contributed by atoms with Crippen molar-refractivity contribution in [3.63, 3.8) is 0 Å². The fourth-order valence-corrected chi connectivity index (χ4v) is 2.25. The molecule has 0 aliphatic carbocycles. The summed E-state index contributed by atoms with van der Waals surface area (Å²) < 4.78 is 5.13. The predicted octanol–water partition coefficient (Wildman–Crippen LogP) is 2.43. The van der Waals surface area contributed by atoms with Crippen molar-refractivity contribution in [1.82, 2.24) is 4.98 Å². The minimum Gasteiger partial charge on any atom is -0.497 e. The molecule has 0 amide bonds. The van der Waals surface area contributed by atoms with Crippen LogP contribution in [0, 0.1) is 6.92 Å². The van der Waals surface area contributed by atoms with Crippen LogP contribution >= 0.6 is 0 Å². The molecule has 1 unspecified atom stereocenters. The second-order valence-electron chi connectivity index (χ2n) is 5.24. The zero-order valence-corrected chi connectivity index (χ0v) is 12.1. The van der Waals surface area contributed by atoms with Crippen LogP contribution in [0.15, 0.2) is 36.5 Å². The maximum atomic E-state index is 10.7. The first kappa shape index (κ1) is 14.3. The summed E-state index contributed by atoms with van der Waals surface area (Å²) in [4.78, 5) is 4.11. The number of hydrogen-bond donors (Lipinski definition) is 2. The molecular weight excluding hydrogens is 252 g/mol. The lowest BCUT2D eigenvalue weighted by Crippen LogP contribution is -2.26. The van der Waals surface area contributed by atoms with E-state index in [1.54, 1.807) is 20.2 Å². The SMILES string of the molecule is COc1ccc(CC(C)(O)c2cc(C)cnc2N)cc1. The van der Waals surface area contributed by atoms with Gasteiger partial charge in [-0.05, 0) is 43.2 Å². The van der Waals surface area contributed by atoms with Gasteiger partial charge in [-0.2, -0.15) is 0 Å². The highest BCUT2D eigenvalue weighted by molar-refractivity contribution is 5.45. The Kier molecular flexibility index (Phi) is 3.95.